The van der Waals surface area contributed by atoms with E-state index in [9.17, 15) is 10.0 Å². The summed E-state index contributed by atoms with van der Waals surface area (Å²) < 4.78 is 5.38. The van der Waals surface area contributed by atoms with Crippen LogP contribution >= 0.6 is 0 Å². The summed E-state index contributed by atoms with van der Waals surface area (Å²) in [5, 5.41) is 18.7. The third kappa shape index (κ3) is 3.07. The Balaban J connectivity index is 1.73. The Morgan fingerprint density at radius 2 is 1.91 bits per heavy atom. The standard InChI is InChI=1S/C17H15NO4/c19-17-16-4-2-1-3-13(16)11-15(22-17)10-7-12-5-8-14(9-6-12)18(20)21/h1-10,15,18,20H,11H2/t15-/m1/s1. The van der Waals surface area contributed by atoms with Gasteiger partial charge in [0.25, 0.3) is 0 Å². The normalized spacial score (nSPS) is 18.8. The van der Waals surface area contributed by atoms with Gasteiger partial charge in [-0.1, -0.05) is 24.3 Å². The maximum absolute atomic E-state index is 11.9. The zero-order valence-electron chi connectivity index (χ0n) is 11.7. The minimum absolute atomic E-state index is 0.246. The molecule has 0 bridgehead atoms. The van der Waals surface area contributed by atoms with Gasteiger partial charge in [0.2, 0.25) is 0 Å². The molecule has 1 aliphatic heterocycles. The molecule has 2 aromatic rings. The van der Waals surface area contributed by atoms with Crippen LogP contribution < -0.4 is 5.23 Å². The number of cyclic esters (lactones) is 1. The van der Waals surface area contributed by atoms with E-state index in [1.54, 1.807) is 30.3 Å². The van der Waals surface area contributed by atoms with Crippen molar-refractivity contribution in [2.75, 3.05) is 0 Å². The number of rotatable bonds is 3. The first-order valence-corrected chi connectivity index (χ1v) is 6.94. The van der Waals surface area contributed by atoms with Crippen molar-refractivity contribution in [1.29, 1.82) is 0 Å². The lowest BCUT2D eigenvalue weighted by molar-refractivity contribution is -0.991. The molecule has 0 saturated heterocycles. The van der Waals surface area contributed by atoms with Gasteiger partial charge in [-0.3, -0.25) is 0 Å². The lowest BCUT2D eigenvalue weighted by atomic mass is 9.98. The number of quaternary nitrogens is 1. The summed E-state index contributed by atoms with van der Waals surface area (Å²) in [7, 11) is 0. The van der Waals surface area contributed by atoms with Crippen LogP contribution in [0.3, 0.4) is 0 Å². The van der Waals surface area contributed by atoms with E-state index in [4.69, 9.17) is 9.94 Å². The molecule has 1 aliphatic rings. The summed E-state index contributed by atoms with van der Waals surface area (Å²) in [6.45, 7) is 0. The molecule has 0 amide bonds. The predicted molar refractivity (Wildman–Crippen MR) is 80.6 cm³/mol. The fraction of sp³-hybridized carbons (Fsp3) is 0.118. The van der Waals surface area contributed by atoms with Gasteiger partial charge in [0, 0.05) is 18.6 Å². The summed E-state index contributed by atoms with van der Waals surface area (Å²) in [6.07, 6.45) is 3.99. The molecule has 1 unspecified atom stereocenters. The molecule has 112 valence electrons. The highest BCUT2D eigenvalue weighted by Gasteiger charge is 2.23. The van der Waals surface area contributed by atoms with Gasteiger partial charge in [-0.2, -0.15) is 5.23 Å². The van der Waals surface area contributed by atoms with Gasteiger partial charge in [0.15, 0.2) is 5.69 Å². The summed E-state index contributed by atoms with van der Waals surface area (Å²) in [5.74, 6) is -0.308. The zero-order valence-corrected chi connectivity index (χ0v) is 11.7. The minimum Gasteiger partial charge on any atom is -0.595 e. The third-order valence-corrected chi connectivity index (χ3v) is 3.58. The van der Waals surface area contributed by atoms with Crippen LogP contribution in [-0.4, -0.2) is 17.3 Å². The number of hydrogen-bond donors (Lipinski definition) is 2. The Morgan fingerprint density at radius 3 is 2.64 bits per heavy atom. The number of carbonyl (C=O) groups excluding carboxylic acids is 1. The number of fused-ring (bicyclic) bond motifs is 1. The molecule has 0 aromatic heterocycles. The topological polar surface area (TPSA) is 74.0 Å². The van der Waals surface area contributed by atoms with Crippen molar-refractivity contribution in [1.82, 2.24) is 0 Å². The molecule has 0 saturated carbocycles. The monoisotopic (exact) mass is 297 g/mol. The molecule has 1 heterocycles. The molecule has 2 N–H and O–H groups in total. The van der Waals surface area contributed by atoms with Crippen molar-refractivity contribution in [3.8, 4) is 0 Å². The largest absolute Gasteiger partial charge is 0.595 e. The van der Waals surface area contributed by atoms with Gasteiger partial charge in [-0.15, -0.1) is 0 Å². The quantitative estimate of drug-likeness (QED) is 0.670. The molecule has 5 nitrogen and oxygen atoms in total. The number of nitrogens with one attached hydrogen (secondary N) is 1. The molecule has 0 radical (unpaired) electrons. The molecule has 0 aliphatic carbocycles. The molecule has 3 rings (SSSR count). The number of benzene rings is 2. The lowest BCUT2D eigenvalue weighted by Gasteiger charge is -2.22. The van der Waals surface area contributed by atoms with Crippen LogP contribution in [0, 0.1) is 5.21 Å². The van der Waals surface area contributed by atoms with Crippen molar-refractivity contribution >= 4 is 17.7 Å². The van der Waals surface area contributed by atoms with Crippen LogP contribution in [0.25, 0.3) is 6.08 Å². The van der Waals surface area contributed by atoms with E-state index in [2.05, 4.69) is 0 Å². The number of hydrogen-bond acceptors (Lipinski definition) is 4. The van der Waals surface area contributed by atoms with Gasteiger partial charge in [0.05, 0.1) is 5.56 Å². The summed E-state index contributed by atoms with van der Waals surface area (Å²) >= 11 is 0. The van der Waals surface area contributed by atoms with E-state index in [0.717, 1.165) is 11.1 Å². The van der Waals surface area contributed by atoms with E-state index in [1.165, 1.54) is 0 Å². The second-order valence-corrected chi connectivity index (χ2v) is 5.09. The fourth-order valence-electron chi connectivity index (χ4n) is 2.42. The molecule has 2 atom stereocenters. The average molecular weight is 297 g/mol. The molecular formula is C17H15NO4. The number of carbonyl (C=O) groups is 1. The van der Waals surface area contributed by atoms with E-state index in [-0.39, 0.29) is 17.8 Å². The van der Waals surface area contributed by atoms with E-state index < -0.39 is 5.23 Å². The van der Waals surface area contributed by atoms with Gasteiger partial charge < -0.3 is 9.94 Å². The highest BCUT2D eigenvalue weighted by Crippen LogP contribution is 2.21. The van der Waals surface area contributed by atoms with Crippen LogP contribution in [0.4, 0.5) is 5.69 Å². The van der Waals surface area contributed by atoms with Crippen LogP contribution in [-0.2, 0) is 11.2 Å². The smallest absolute Gasteiger partial charge is 0.339 e. The maximum atomic E-state index is 11.9. The first kappa shape index (κ1) is 14.5. The Bertz CT molecular complexity index is 707. The van der Waals surface area contributed by atoms with Crippen LogP contribution in [0.15, 0.2) is 54.6 Å². The van der Waals surface area contributed by atoms with Gasteiger partial charge in [-0.05, 0) is 35.4 Å². The summed E-state index contributed by atoms with van der Waals surface area (Å²) in [4.78, 5) is 11.9. The Hall–Kier alpha value is -2.47. The van der Waals surface area contributed by atoms with E-state index >= 15 is 0 Å². The van der Waals surface area contributed by atoms with Gasteiger partial charge >= 0.3 is 5.97 Å². The Morgan fingerprint density at radius 1 is 1.18 bits per heavy atom. The third-order valence-electron chi connectivity index (χ3n) is 3.58. The first-order chi connectivity index (χ1) is 10.6. The molecule has 22 heavy (non-hydrogen) atoms. The molecule has 0 fully saturated rings. The summed E-state index contributed by atoms with van der Waals surface area (Å²) in [5.41, 5.74) is 2.71. The molecular weight excluding hydrogens is 282 g/mol. The zero-order chi connectivity index (χ0) is 15.5. The maximum Gasteiger partial charge on any atom is 0.339 e. The van der Waals surface area contributed by atoms with Crippen LogP contribution in [0.5, 0.6) is 0 Å². The highest BCUT2D eigenvalue weighted by atomic mass is 16.8. The van der Waals surface area contributed by atoms with Crippen molar-refractivity contribution in [3.63, 3.8) is 0 Å². The molecule has 2 aromatic carbocycles. The van der Waals surface area contributed by atoms with Crippen molar-refractivity contribution < 1.29 is 20.0 Å². The Labute approximate surface area is 127 Å². The molecule has 0 spiro atoms. The van der Waals surface area contributed by atoms with Crippen LogP contribution in [0.1, 0.15) is 21.5 Å². The Kier molecular flexibility index (Phi) is 4.02. The van der Waals surface area contributed by atoms with Crippen molar-refractivity contribution in [2.24, 2.45) is 0 Å². The second kappa shape index (κ2) is 6.11. The van der Waals surface area contributed by atoms with E-state index in [0.29, 0.717) is 12.0 Å². The van der Waals surface area contributed by atoms with E-state index in [1.807, 2.05) is 30.4 Å². The lowest BCUT2D eigenvalue weighted by Crippen LogP contribution is -2.99. The average Bonchev–Trinajstić information content (AvgIpc) is 2.53. The van der Waals surface area contributed by atoms with Crippen molar-refractivity contribution in [3.05, 3.63) is 76.5 Å². The van der Waals surface area contributed by atoms with Gasteiger partial charge in [0.1, 0.15) is 6.10 Å². The first-order valence-electron chi connectivity index (χ1n) is 6.94. The molecule has 5 heteroatoms. The number of ether oxygens (including phenoxy) is 1. The van der Waals surface area contributed by atoms with Gasteiger partial charge in [-0.25, -0.2) is 10.0 Å². The second-order valence-electron chi connectivity index (χ2n) is 5.09. The number of esters is 1. The van der Waals surface area contributed by atoms with Crippen molar-refractivity contribution in [2.45, 2.75) is 12.5 Å². The fourth-order valence-corrected chi connectivity index (χ4v) is 2.42. The SMILES string of the molecule is O=C1O[C@H](C=Cc2ccc([NH+]([O-])O)cc2)Cc2ccccc21. The highest BCUT2D eigenvalue weighted by molar-refractivity contribution is 5.92. The van der Waals surface area contributed by atoms with Crippen LogP contribution in [0.2, 0.25) is 0 Å². The summed E-state index contributed by atoms with van der Waals surface area (Å²) in [6, 6.07) is 14.0. The predicted octanol–water partition coefficient (Wildman–Crippen LogP) is 1.88. The minimum atomic E-state index is -0.951.